The molecule has 1 aliphatic rings. The largest absolute Gasteiger partial charge is 0.369 e. The number of nitrogens with two attached hydrogens (primary N) is 1. The molecule has 0 aliphatic heterocycles. The summed E-state index contributed by atoms with van der Waals surface area (Å²) in [5, 5.41) is 1.07. The van der Waals surface area contributed by atoms with Gasteiger partial charge in [0.2, 0.25) is 5.95 Å². The van der Waals surface area contributed by atoms with Crippen molar-refractivity contribution in [2.45, 2.75) is 45.1 Å². The number of aromatic nitrogens is 2. The van der Waals surface area contributed by atoms with E-state index in [2.05, 4.69) is 4.98 Å². The number of benzene rings is 1. The third kappa shape index (κ3) is 2.75. The van der Waals surface area contributed by atoms with Crippen molar-refractivity contribution in [3.05, 3.63) is 22.2 Å². The van der Waals surface area contributed by atoms with E-state index in [1.807, 2.05) is 10.6 Å². The number of nitrogen functional groups attached to an aromatic ring is 1. The van der Waals surface area contributed by atoms with Crippen molar-refractivity contribution < 1.29 is 0 Å². The summed E-state index contributed by atoms with van der Waals surface area (Å²) >= 11 is 12.1. The Labute approximate surface area is 129 Å². The van der Waals surface area contributed by atoms with E-state index in [4.69, 9.17) is 28.9 Å². The molecule has 1 fully saturated rings. The fraction of sp³-hybridized carbons (Fsp3) is 0.533. The van der Waals surface area contributed by atoms with Crippen molar-refractivity contribution in [2.24, 2.45) is 5.92 Å². The van der Waals surface area contributed by atoms with E-state index in [1.165, 1.54) is 32.1 Å². The molecule has 3 nitrogen and oxygen atoms in total. The number of anilines is 1. The van der Waals surface area contributed by atoms with Gasteiger partial charge in [-0.05, 0) is 30.9 Å². The molecular formula is C15H19Cl2N3. The van der Waals surface area contributed by atoms with E-state index in [1.54, 1.807) is 6.07 Å². The van der Waals surface area contributed by atoms with Crippen molar-refractivity contribution in [1.29, 1.82) is 0 Å². The van der Waals surface area contributed by atoms with Gasteiger partial charge >= 0.3 is 0 Å². The Morgan fingerprint density at radius 1 is 1.20 bits per heavy atom. The maximum Gasteiger partial charge on any atom is 0.201 e. The molecule has 20 heavy (non-hydrogen) atoms. The number of rotatable bonds is 4. The Balaban J connectivity index is 1.76. The van der Waals surface area contributed by atoms with Gasteiger partial charge in [-0.3, -0.25) is 0 Å². The monoisotopic (exact) mass is 311 g/mol. The molecule has 0 unspecified atom stereocenters. The topological polar surface area (TPSA) is 43.8 Å². The summed E-state index contributed by atoms with van der Waals surface area (Å²) in [6.45, 7) is 0.900. The molecule has 2 N–H and O–H groups in total. The second kappa shape index (κ2) is 5.82. The molecule has 1 saturated carbocycles. The van der Waals surface area contributed by atoms with Gasteiger partial charge in [0.05, 0.1) is 21.1 Å². The molecule has 3 rings (SSSR count). The van der Waals surface area contributed by atoms with Crippen LogP contribution in [0.15, 0.2) is 12.1 Å². The maximum atomic E-state index is 6.09. The number of halogens is 2. The van der Waals surface area contributed by atoms with Gasteiger partial charge in [-0.2, -0.15) is 0 Å². The number of fused-ring (bicyclic) bond motifs is 1. The van der Waals surface area contributed by atoms with Gasteiger partial charge < -0.3 is 10.3 Å². The van der Waals surface area contributed by atoms with E-state index in [0.29, 0.717) is 16.0 Å². The summed E-state index contributed by atoms with van der Waals surface area (Å²) in [7, 11) is 0. The lowest BCUT2D eigenvalue weighted by molar-refractivity contribution is 0.462. The van der Waals surface area contributed by atoms with E-state index >= 15 is 0 Å². The molecule has 0 saturated heterocycles. The molecule has 108 valence electrons. The summed E-state index contributed by atoms with van der Waals surface area (Å²) in [6.07, 6.45) is 7.99. The lowest BCUT2D eigenvalue weighted by Gasteiger charge is -2.10. The molecule has 2 aromatic rings. The molecular weight excluding hydrogens is 293 g/mol. The minimum atomic E-state index is 0.523. The van der Waals surface area contributed by atoms with Gasteiger partial charge in [-0.25, -0.2) is 4.98 Å². The maximum absolute atomic E-state index is 6.09. The van der Waals surface area contributed by atoms with Crippen LogP contribution in [0.25, 0.3) is 11.0 Å². The van der Waals surface area contributed by atoms with Crippen LogP contribution in [0.1, 0.15) is 38.5 Å². The first kappa shape index (κ1) is 14.0. The zero-order chi connectivity index (χ0) is 14.1. The van der Waals surface area contributed by atoms with Gasteiger partial charge in [-0.15, -0.1) is 0 Å². The third-order valence-electron chi connectivity index (χ3n) is 4.29. The van der Waals surface area contributed by atoms with E-state index in [9.17, 15) is 0 Å². The molecule has 1 aliphatic carbocycles. The summed E-state index contributed by atoms with van der Waals surface area (Å²) in [5.74, 6) is 1.45. The highest BCUT2D eigenvalue weighted by molar-refractivity contribution is 6.42. The van der Waals surface area contributed by atoms with Crippen molar-refractivity contribution in [1.82, 2.24) is 9.55 Å². The Morgan fingerprint density at radius 3 is 2.65 bits per heavy atom. The highest BCUT2D eigenvalue weighted by Crippen LogP contribution is 2.31. The molecule has 1 aromatic carbocycles. The zero-order valence-electron chi connectivity index (χ0n) is 11.4. The SMILES string of the molecule is Nc1nc2cc(Cl)c(Cl)cc2n1CCCC1CCCC1. The van der Waals surface area contributed by atoms with Gasteiger partial charge in [0.1, 0.15) is 0 Å². The molecule has 0 radical (unpaired) electrons. The number of imidazole rings is 1. The molecule has 5 heteroatoms. The summed E-state index contributed by atoms with van der Waals surface area (Å²) in [4.78, 5) is 4.36. The highest BCUT2D eigenvalue weighted by Gasteiger charge is 2.15. The van der Waals surface area contributed by atoms with Crippen LogP contribution in [0.3, 0.4) is 0 Å². The molecule has 1 aromatic heterocycles. The Bertz CT molecular complexity index is 615. The standard InChI is InChI=1S/C15H19Cl2N3/c16-11-8-13-14(9-12(11)17)20(15(18)19-13)7-3-6-10-4-1-2-5-10/h8-10H,1-7H2,(H2,18,19). The van der Waals surface area contributed by atoms with Crippen molar-refractivity contribution in [2.75, 3.05) is 5.73 Å². The normalized spacial score (nSPS) is 16.3. The van der Waals surface area contributed by atoms with Crippen LogP contribution >= 0.6 is 23.2 Å². The Morgan fingerprint density at radius 2 is 1.90 bits per heavy atom. The van der Waals surface area contributed by atoms with E-state index < -0.39 is 0 Å². The Hall–Kier alpha value is -0.930. The average molecular weight is 312 g/mol. The molecule has 0 atom stereocenters. The number of aryl methyl sites for hydroxylation is 1. The summed E-state index contributed by atoms with van der Waals surface area (Å²) in [6, 6.07) is 3.64. The van der Waals surface area contributed by atoms with E-state index in [-0.39, 0.29) is 0 Å². The van der Waals surface area contributed by atoms with Crippen LogP contribution in [0.2, 0.25) is 10.0 Å². The third-order valence-corrected chi connectivity index (χ3v) is 5.01. The predicted molar refractivity (Wildman–Crippen MR) is 85.4 cm³/mol. The first-order valence-corrected chi connectivity index (χ1v) is 8.01. The van der Waals surface area contributed by atoms with Crippen LogP contribution in [-0.4, -0.2) is 9.55 Å². The van der Waals surface area contributed by atoms with Gasteiger partial charge in [0.15, 0.2) is 0 Å². The molecule has 0 spiro atoms. The lowest BCUT2D eigenvalue weighted by Crippen LogP contribution is -2.05. The van der Waals surface area contributed by atoms with Crippen LogP contribution in [0.4, 0.5) is 5.95 Å². The first-order chi connectivity index (χ1) is 9.65. The predicted octanol–water partition coefficient (Wildman–Crippen LogP) is 4.90. The van der Waals surface area contributed by atoms with Crippen molar-refractivity contribution >= 4 is 40.2 Å². The van der Waals surface area contributed by atoms with Gasteiger partial charge in [0.25, 0.3) is 0 Å². The highest BCUT2D eigenvalue weighted by atomic mass is 35.5. The second-order valence-corrected chi connectivity index (χ2v) is 6.48. The van der Waals surface area contributed by atoms with Gasteiger partial charge in [0, 0.05) is 6.54 Å². The minimum Gasteiger partial charge on any atom is -0.369 e. The van der Waals surface area contributed by atoms with E-state index in [0.717, 1.165) is 29.9 Å². The van der Waals surface area contributed by atoms with Crippen LogP contribution < -0.4 is 5.73 Å². The number of hydrogen-bond donors (Lipinski definition) is 1. The minimum absolute atomic E-state index is 0.523. The van der Waals surface area contributed by atoms with Gasteiger partial charge in [-0.1, -0.05) is 48.9 Å². The number of hydrogen-bond acceptors (Lipinski definition) is 2. The molecule has 1 heterocycles. The van der Waals surface area contributed by atoms with Crippen LogP contribution in [-0.2, 0) is 6.54 Å². The summed E-state index contributed by atoms with van der Waals surface area (Å²) < 4.78 is 2.05. The fourth-order valence-electron chi connectivity index (χ4n) is 3.21. The quantitative estimate of drug-likeness (QED) is 0.873. The zero-order valence-corrected chi connectivity index (χ0v) is 12.9. The van der Waals surface area contributed by atoms with Crippen LogP contribution in [0, 0.1) is 5.92 Å². The molecule has 0 amide bonds. The first-order valence-electron chi connectivity index (χ1n) is 7.26. The van der Waals surface area contributed by atoms with Crippen molar-refractivity contribution in [3.63, 3.8) is 0 Å². The summed E-state index contributed by atoms with van der Waals surface area (Å²) in [5.41, 5.74) is 7.81. The Kier molecular flexibility index (Phi) is 4.08. The van der Waals surface area contributed by atoms with Crippen LogP contribution in [0.5, 0.6) is 0 Å². The average Bonchev–Trinajstić information content (AvgIpc) is 3.01. The lowest BCUT2D eigenvalue weighted by atomic mass is 10.0. The smallest absolute Gasteiger partial charge is 0.201 e. The number of nitrogens with zero attached hydrogens (tertiary/aromatic N) is 2. The van der Waals surface area contributed by atoms with Crippen molar-refractivity contribution in [3.8, 4) is 0 Å². The second-order valence-electron chi connectivity index (χ2n) is 5.67. The molecule has 0 bridgehead atoms. The fourth-order valence-corrected chi connectivity index (χ4v) is 3.53.